The number of amides is 3. The number of furan rings is 1. The Kier molecular flexibility index (Phi) is 4.14. The summed E-state index contributed by atoms with van der Waals surface area (Å²) in [6.07, 6.45) is 6.71. The number of hydrogen-bond acceptors (Lipinski definition) is 3. The maximum atomic E-state index is 12.6. The Morgan fingerprint density at radius 3 is 2.52 bits per heavy atom. The van der Waals surface area contributed by atoms with E-state index in [4.69, 9.17) is 4.42 Å². The van der Waals surface area contributed by atoms with Crippen molar-refractivity contribution in [1.82, 2.24) is 10.2 Å². The Bertz CT molecular complexity index is 816. The molecule has 2 aromatic rings. The summed E-state index contributed by atoms with van der Waals surface area (Å²) in [6, 6.07) is 13.1. The second kappa shape index (κ2) is 6.59. The van der Waals surface area contributed by atoms with Crippen molar-refractivity contribution in [3.63, 3.8) is 0 Å². The number of carbonyl (C=O) groups excluding carboxylic acids is 2. The SMILES string of the molecule is O=C1NC(=Cc2ccc(-c3ccccc3)o2)C(=O)N1C1CCCCC1. The van der Waals surface area contributed by atoms with Crippen LogP contribution in [0.3, 0.4) is 0 Å². The van der Waals surface area contributed by atoms with Crippen molar-refractivity contribution in [2.24, 2.45) is 0 Å². The van der Waals surface area contributed by atoms with Crippen LogP contribution in [0.5, 0.6) is 0 Å². The van der Waals surface area contributed by atoms with Gasteiger partial charge in [-0.2, -0.15) is 0 Å². The number of urea groups is 1. The van der Waals surface area contributed by atoms with Crippen LogP contribution in [0.25, 0.3) is 17.4 Å². The van der Waals surface area contributed by atoms with E-state index in [1.807, 2.05) is 36.4 Å². The van der Waals surface area contributed by atoms with Gasteiger partial charge in [-0.3, -0.25) is 9.69 Å². The van der Waals surface area contributed by atoms with Gasteiger partial charge in [0.25, 0.3) is 5.91 Å². The van der Waals surface area contributed by atoms with E-state index in [0.29, 0.717) is 5.76 Å². The third-order valence-corrected chi connectivity index (χ3v) is 4.82. The van der Waals surface area contributed by atoms with Gasteiger partial charge in [-0.25, -0.2) is 4.79 Å². The van der Waals surface area contributed by atoms with E-state index in [1.54, 1.807) is 12.1 Å². The van der Waals surface area contributed by atoms with Gasteiger partial charge in [0.15, 0.2) is 0 Å². The molecule has 5 nitrogen and oxygen atoms in total. The molecule has 5 heteroatoms. The molecule has 2 heterocycles. The van der Waals surface area contributed by atoms with Gasteiger partial charge < -0.3 is 9.73 Å². The molecule has 2 aliphatic rings. The van der Waals surface area contributed by atoms with Gasteiger partial charge in [-0.05, 0) is 25.0 Å². The van der Waals surface area contributed by atoms with Crippen molar-refractivity contribution in [1.29, 1.82) is 0 Å². The molecule has 128 valence electrons. The zero-order chi connectivity index (χ0) is 17.2. The van der Waals surface area contributed by atoms with Crippen molar-refractivity contribution in [2.45, 2.75) is 38.1 Å². The van der Waals surface area contributed by atoms with Crippen LogP contribution in [0, 0.1) is 0 Å². The third kappa shape index (κ3) is 3.09. The lowest BCUT2D eigenvalue weighted by Crippen LogP contribution is -2.41. The predicted octanol–water partition coefficient (Wildman–Crippen LogP) is 4.17. The summed E-state index contributed by atoms with van der Waals surface area (Å²) in [5.41, 5.74) is 1.25. The van der Waals surface area contributed by atoms with E-state index in [1.165, 1.54) is 11.3 Å². The summed E-state index contributed by atoms with van der Waals surface area (Å²) >= 11 is 0. The summed E-state index contributed by atoms with van der Waals surface area (Å²) < 4.78 is 5.80. The number of carbonyl (C=O) groups is 2. The van der Waals surface area contributed by atoms with Crippen LogP contribution in [0.15, 0.2) is 52.6 Å². The van der Waals surface area contributed by atoms with E-state index >= 15 is 0 Å². The van der Waals surface area contributed by atoms with Crippen LogP contribution >= 0.6 is 0 Å². The molecule has 1 aromatic heterocycles. The minimum atomic E-state index is -0.321. The molecule has 1 aliphatic carbocycles. The predicted molar refractivity (Wildman–Crippen MR) is 94.4 cm³/mol. The summed E-state index contributed by atoms with van der Waals surface area (Å²) in [4.78, 5) is 26.2. The van der Waals surface area contributed by atoms with Crippen LogP contribution in [0.4, 0.5) is 4.79 Å². The van der Waals surface area contributed by atoms with Gasteiger partial charge in [0, 0.05) is 17.7 Å². The monoisotopic (exact) mass is 336 g/mol. The fraction of sp³-hybridized carbons (Fsp3) is 0.300. The summed E-state index contributed by atoms with van der Waals surface area (Å²) in [5, 5.41) is 2.69. The quantitative estimate of drug-likeness (QED) is 0.676. The second-order valence-electron chi connectivity index (χ2n) is 6.52. The smallest absolute Gasteiger partial charge is 0.329 e. The minimum absolute atomic E-state index is 0.0173. The summed E-state index contributed by atoms with van der Waals surface area (Å²) in [6.45, 7) is 0. The molecule has 0 spiro atoms. The normalized spacial score (nSPS) is 20.3. The molecule has 1 saturated carbocycles. The van der Waals surface area contributed by atoms with Crippen LogP contribution < -0.4 is 5.32 Å². The van der Waals surface area contributed by atoms with Gasteiger partial charge in [0.2, 0.25) is 0 Å². The topological polar surface area (TPSA) is 62.6 Å². The highest BCUT2D eigenvalue weighted by atomic mass is 16.3. The lowest BCUT2D eigenvalue weighted by molar-refractivity contribution is -0.124. The van der Waals surface area contributed by atoms with Crippen LogP contribution in [0.1, 0.15) is 37.9 Å². The highest BCUT2D eigenvalue weighted by Gasteiger charge is 2.39. The Morgan fingerprint density at radius 1 is 1.00 bits per heavy atom. The van der Waals surface area contributed by atoms with Crippen LogP contribution in [-0.4, -0.2) is 22.9 Å². The molecule has 25 heavy (non-hydrogen) atoms. The first-order valence-electron chi connectivity index (χ1n) is 8.74. The number of nitrogens with zero attached hydrogens (tertiary/aromatic N) is 1. The molecular weight excluding hydrogens is 316 g/mol. The zero-order valence-corrected chi connectivity index (χ0v) is 13.9. The molecule has 1 saturated heterocycles. The zero-order valence-electron chi connectivity index (χ0n) is 13.9. The first kappa shape index (κ1) is 15.7. The standard InChI is InChI=1S/C20H20N2O3/c23-19-17(21-20(24)22(19)15-9-5-2-6-10-15)13-16-11-12-18(25-16)14-7-3-1-4-8-14/h1,3-4,7-8,11-13,15H,2,5-6,9-10H2,(H,21,24). The average Bonchev–Trinajstić information content (AvgIpc) is 3.22. The number of imide groups is 1. The molecule has 2 fully saturated rings. The van der Waals surface area contributed by atoms with Crippen molar-refractivity contribution in [3.05, 3.63) is 53.9 Å². The summed E-state index contributed by atoms with van der Waals surface area (Å²) in [7, 11) is 0. The van der Waals surface area contributed by atoms with Gasteiger partial charge in [0.1, 0.15) is 17.2 Å². The molecular formula is C20H20N2O3. The van der Waals surface area contributed by atoms with Crippen molar-refractivity contribution < 1.29 is 14.0 Å². The Hall–Kier alpha value is -2.82. The third-order valence-electron chi connectivity index (χ3n) is 4.82. The highest BCUT2D eigenvalue weighted by molar-refractivity contribution is 6.14. The van der Waals surface area contributed by atoms with Crippen molar-refractivity contribution in [2.75, 3.05) is 0 Å². The fourth-order valence-electron chi connectivity index (χ4n) is 3.55. The van der Waals surface area contributed by atoms with Gasteiger partial charge in [-0.1, -0.05) is 49.6 Å². The van der Waals surface area contributed by atoms with Gasteiger partial charge in [0.05, 0.1) is 0 Å². The lowest BCUT2D eigenvalue weighted by atomic mass is 9.94. The number of hydrogen-bond donors (Lipinski definition) is 1. The number of rotatable bonds is 3. The fourth-order valence-corrected chi connectivity index (χ4v) is 3.55. The van der Waals surface area contributed by atoms with E-state index in [0.717, 1.165) is 37.0 Å². The first-order valence-corrected chi connectivity index (χ1v) is 8.74. The first-order chi connectivity index (χ1) is 12.2. The Morgan fingerprint density at radius 2 is 1.76 bits per heavy atom. The molecule has 4 rings (SSSR count). The van der Waals surface area contributed by atoms with Gasteiger partial charge in [-0.15, -0.1) is 0 Å². The molecule has 0 unspecified atom stereocenters. The number of benzene rings is 1. The molecule has 1 aromatic carbocycles. The molecule has 3 amide bonds. The van der Waals surface area contributed by atoms with Crippen LogP contribution in [-0.2, 0) is 4.79 Å². The molecule has 0 radical (unpaired) electrons. The van der Waals surface area contributed by atoms with Crippen LogP contribution in [0.2, 0.25) is 0 Å². The Balaban J connectivity index is 1.55. The summed E-state index contributed by atoms with van der Waals surface area (Å²) in [5.74, 6) is 1.02. The molecule has 1 aliphatic heterocycles. The van der Waals surface area contributed by atoms with E-state index < -0.39 is 0 Å². The van der Waals surface area contributed by atoms with E-state index in [2.05, 4.69) is 5.32 Å². The molecule has 0 bridgehead atoms. The largest absolute Gasteiger partial charge is 0.457 e. The average molecular weight is 336 g/mol. The van der Waals surface area contributed by atoms with Gasteiger partial charge >= 0.3 is 6.03 Å². The second-order valence-corrected chi connectivity index (χ2v) is 6.52. The Labute approximate surface area is 146 Å². The maximum absolute atomic E-state index is 12.6. The van der Waals surface area contributed by atoms with Crippen molar-refractivity contribution in [3.8, 4) is 11.3 Å². The maximum Gasteiger partial charge on any atom is 0.329 e. The van der Waals surface area contributed by atoms with E-state index in [-0.39, 0.29) is 23.7 Å². The molecule has 0 atom stereocenters. The number of nitrogens with one attached hydrogen (secondary N) is 1. The van der Waals surface area contributed by atoms with E-state index in [9.17, 15) is 9.59 Å². The minimum Gasteiger partial charge on any atom is -0.457 e. The highest BCUT2D eigenvalue weighted by Crippen LogP contribution is 2.28. The molecule has 1 N–H and O–H groups in total. The van der Waals surface area contributed by atoms with Crippen molar-refractivity contribution >= 4 is 18.0 Å². The lowest BCUT2D eigenvalue weighted by Gasteiger charge is -2.28.